The second kappa shape index (κ2) is 12.2. The van der Waals surface area contributed by atoms with Crippen LogP contribution in [0.2, 0.25) is 0 Å². The van der Waals surface area contributed by atoms with Crippen LogP contribution in [0, 0.1) is 5.92 Å². The normalized spacial score (nSPS) is 17.6. The summed E-state index contributed by atoms with van der Waals surface area (Å²) in [6.07, 6.45) is 7.13. The second-order valence-corrected chi connectivity index (χ2v) is 8.70. The number of carbonyl (C=O) groups is 1. The van der Waals surface area contributed by atoms with Gasteiger partial charge in [0.25, 0.3) is 5.91 Å². The van der Waals surface area contributed by atoms with Crippen molar-refractivity contribution >= 4 is 11.6 Å². The highest BCUT2D eigenvalue weighted by atomic mass is 16.5. The van der Waals surface area contributed by atoms with Gasteiger partial charge >= 0.3 is 0 Å². The number of nitrogens with one attached hydrogen (secondary N) is 1. The fourth-order valence-electron chi connectivity index (χ4n) is 4.05. The van der Waals surface area contributed by atoms with Crippen molar-refractivity contribution in [2.24, 2.45) is 5.92 Å². The molecule has 0 bridgehead atoms. The Hall–Kier alpha value is -1.59. The Labute approximate surface area is 177 Å². The summed E-state index contributed by atoms with van der Waals surface area (Å²) in [6.45, 7) is 12.8. The Morgan fingerprint density at radius 3 is 2.38 bits per heavy atom. The van der Waals surface area contributed by atoms with Gasteiger partial charge in [-0.25, -0.2) is 0 Å². The average Bonchev–Trinajstić information content (AvgIpc) is 2.95. The summed E-state index contributed by atoms with van der Waals surface area (Å²) < 4.78 is 11.7. The number of anilines is 1. The maximum atomic E-state index is 12.8. The number of likely N-dealkylation sites (tertiary alicyclic amines) is 1. The Morgan fingerprint density at radius 1 is 1.14 bits per heavy atom. The smallest absolute Gasteiger partial charge is 0.256 e. The summed E-state index contributed by atoms with van der Waals surface area (Å²) in [5.41, 5.74) is -0.0487. The fraction of sp³-hybridized carbons (Fsp3) is 0.708. The van der Waals surface area contributed by atoms with Crippen LogP contribution in [0.25, 0.3) is 0 Å². The summed E-state index contributed by atoms with van der Waals surface area (Å²) in [5, 5.41) is 2.99. The molecule has 2 rings (SSSR count). The summed E-state index contributed by atoms with van der Waals surface area (Å²) in [4.78, 5) is 15.3. The molecule has 0 saturated carbocycles. The van der Waals surface area contributed by atoms with Crippen LogP contribution in [0.5, 0.6) is 5.75 Å². The number of rotatable bonds is 11. The van der Waals surface area contributed by atoms with Gasteiger partial charge < -0.3 is 19.7 Å². The van der Waals surface area contributed by atoms with Gasteiger partial charge in [0.1, 0.15) is 11.4 Å². The minimum Gasteiger partial charge on any atom is -0.494 e. The standard InChI is InChI=1S/C24H40N2O3/c1-5-29-24(4,19-20(2)3)23(27)25-21-11-13-22(14-12-21)28-18-10-17-26-15-8-6-7-9-16-26/h11-14,20H,5-10,15-19H2,1-4H3,(H,25,27). The first-order valence-corrected chi connectivity index (χ1v) is 11.3. The molecule has 1 N–H and O–H groups in total. The van der Waals surface area contributed by atoms with E-state index < -0.39 is 5.60 Å². The first-order chi connectivity index (χ1) is 13.9. The van der Waals surface area contributed by atoms with Gasteiger partial charge in [0.05, 0.1) is 6.61 Å². The lowest BCUT2D eigenvalue weighted by atomic mass is 9.93. The Kier molecular flexibility index (Phi) is 9.95. The molecule has 5 nitrogen and oxygen atoms in total. The van der Waals surface area contributed by atoms with E-state index in [1.165, 1.54) is 38.8 Å². The number of carbonyl (C=O) groups excluding carboxylic acids is 1. The highest BCUT2D eigenvalue weighted by Gasteiger charge is 2.34. The molecule has 1 saturated heterocycles. The second-order valence-electron chi connectivity index (χ2n) is 8.70. The molecule has 29 heavy (non-hydrogen) atoms. The lowest BCUT2D eigenvalue weighted by Crippen LogP contribution is -2.43. The molecule has 1 aliphatic rings. The van der Waals surface area contributed by atoms with E-state index in [1.807, 2.05) is 38.1 Å². The van der Waals surface area contributed by atoms with Gasteiger partial charge in [0.15, 0.2) is 0 Å². The van der Waals surface area contributed by atoms with Crippen LogP contribution in [0.1, 0.15) is 66.2 Å². The largest absolute Gasteiger partial charge is 0.494 e. The van der Waals surface area contributed by atoms with Gasteiger partial charge in [0.2, 0.25) is 0 Å². The minimum atomic E-state index is -0.814. The Bertz CT molecular complexity index is 595. The Balaban J connectivity index is 1.77. The van der Waals surface area contributed by atoms with E-state index in [0.717, 1.165) is 31.0 Å². The number of hydrogen-bond acceptors (Lipinski definition) is 4. The van der Waals surface area contributed by atoms with Crippen molar-refractivity contribution in [1.82, 2.24) is 4.90 Å². The van der Waals surface area contributed by atoms with E-state index in [2.05, 4.69) is 24.1 Å². The van der Waals surface area contributed by atoms with Crippen LogP contribution in [0.3, 0.4) is 0 Å². The van der Waals surface area contributed by atoms with Gasteiger partial charge in [-0.15, -0.1) is 0 Å². The first kappa shape index (κ1) is 23.7. The number of hydrogen-bond donors (Lipinski definition) is 1. The molecule has 1 amide bonds. The van der Waals surface area contributed by atoms with Gasteiger partial charge in [-0.2, -0.15) is 0 Å². The molecule has 1 atom stereocenters. The summed E-state index contributed by atoms with van der Waals surface area (Å²) in [6, 6.07) is 7.62. The number of benzene rings is 1. The zero-order valence-corrected chi connectivity index (χ0v) is 18.8. The van der Waals surface area contributed by atoms with Crippen molar-refractivity contribution in [2.45, 2.75) is 71.8 Å². The third-order valence-electron chi connectivity index (χ3n) is 5.44. The molecule has 1 aromatic carbocycles. The highest BCUT2D eigenvalue weighted by Crippen LogP contribution is 2.24. The van der Waals surface area contributed by atoms with E-state index in [4.69, 9.17) is 9.47 Å². The van der Waals surface area contributed by atoms with E-state index in [0.29, 0.717) is 18.9 Å². The van der Waals surface area contributed by atoms with Crippen LogP contribution >= 0.6 is 0 Å². The van der Waals surface area contributed by atoms with E-state index in [9.17, 15) is 4.79 Å². The maximum absolute atomic E-state index is 12.8. The predicted molar refractivity (Wildman–Crippen MR) is 120 cm³/mol. The van der Waals surface area contributed by atoms with E-state index in [1.54, 1.807) is 0 Å². The zero-order chi connectivity index (χ0) is 21.1. The molecular formula is C24H40N2O3. The van der Waals surface area contributed by atoms with Crippen molar-refractivity contribution in [1.29, 1.82) is 0 Å². The van der Waals surface area contributed by atoms with Gasteiger partial charge in [-0.05, 0) is 82.8 Å². The molecule has 5 heteroatoms. The van der Waals surface area contributed by atoms with Crippen LogP contribution in [0.4, 0.5) is 5.69 Å². The lowest BCUT2D eigenvalue weighted by molar-refractivity contribution is -0.140. The van der Waals surface area contributed by atoms with Crippen LogP contribution < -0.4 is 10.1 Å². The SMILES string of the molecule is CCOC(C)(CC(C)C)C(=O)Nc1ccc(OCCCN2CCCCCC2)cc1. The molecule has 164 valence electrons. The summed E-state index contributed by atoms with van der Waals surface area (Å²) >= 11 is 0. The van der Waals surface area contributed by atoms with Crippen molar-refractivity contribution in [3.05, 3.63) is 24.3 Å². The highest BCUT2D eigenvalue weighted by molar-refractivity contribution is 5.97. The van der Waals surface area contributed by atoms with Crippen LogP contribution in [-0.4, -0.2) is 49.3 Å². The molecule has 1 unspecified atom stereocenters. The predicted octanol–water partition coefficient (Wildman–Crippen LogP) is 5.11. The third kappa shape index (κ3) is 8.35. The number of amides is 1. The monoisotopic (exact) mass is 404 g/mol. The maximum Gasteiger partial charge on any atom is 0.256 e. The number of ether oxygens (including phenoxy) is 2. The molecule has 1 aromatic rings. The lowest BCUT2D eigenvalue weighted by Gasteiger charge is -2.29. The Morgan fingerprint density at radius 2 is 1.79 bits per heavy atom. The van der Waals surface area contributed by atoms with Crippen molar-refractivity contribution < 1.29 is 14.3 Å². The quantitative estimate of drug-likeness (QED) is 0.521. The van der Waals surface area contributed by atoms with Crippen LogP contribution in [0.15, 0.2) is 24.3 Å². The topological polar surface area (TPSA) is 50.8 Å². The number of nitrogens with zero attached hydrogens (tertiary/aromatic N) is 1. The third-order valence-corrected chi connectivity index (χ3v) is 5.44. The molecule has 0 radical (unpaired) electrons. The molecule has 0 spiro atoms. The average molecular weight is 405 g/mol. The summed E-state index contributed by atoms with van der Waals surface area (Å²) in [7, 11) is 0. The van der Waals surface area contributed by atoms with Crippen LogP contribution in [-0.2, 0) is 9.53 Å². The van der Waals surface area contributed by atoms with Gasteiger partial charge in [-0.3, -0.25) is 4.79 Å². The fourth-order valence-corrected chi connectivity index (χ4v) is 4.05. The minimum absolute atomic E-state index is 0.0980. The molecule has 1 heterocycles. The summed E-state index contributed by atoms with van der Waals surface area (Å²) in [5.74, 6) is 1.12. The first-order valence-electron chi connectivity index (χ1n) is 11.3. The zero-order valence-electron chi connectivity index (χ0n) is 18.8. The van der Waals surface area contributed by atoms with E-state index in [-0.39, 0.29) is 5.91 Å². The molecule has 0 aromatic heterocycles. The van der Waals surface area contributed by atoms with Crippen molar-refractivity contribution in [2.75, 3.05) is 38.2 Å². The molecule has 1 aliphatic heterocycles. The van der Waals surface area contributed by atoms with E-state index >= 15 is 0 Å². The molecule has 0 aliphatic carbocycles. The van der Waals surface area contributed by atoms with Crippen molar-refractivity contribution in [3.63, 3.8) is 0 Å². The molecular weight excluding hydrogens is 364 g/mol. The van der Waals surface area contributed by atoms with Crippen molar-refractivity contribution in [3.8, 4) is 5.75 Å². The van der Waals surface area contributed by atoms with Gasteiger partial charge in [-0.1, -0.05) is 26.7 Å². The molecule has 1 fully saturated rings. The van der Waals surface area contributed by atoms with Gasteiger partial charge in [0, 0.05) is 18.8 Å².